The van der Waals surface area contributed by atoms with Crippen LogP contribution in [-0.2, 0) is 9.53 Å². The van der Waals surface area contributed by atoms with Gasteiger partial charge in [0.05, 0.1) is 5.92 Å². The Morgan fingerprint density at radius 3 is 2.57 bits per heavy atom. The highest BCUT2D eigenvalue weighted by molar-refractivity contribution is 5.93. The molecule has 28 heavy (non-hydrogen) atoms. The Labute approximate surface area is 167 Å². The molecule has 148 valence electrons. The summed E-state index contributed by atoms with van der Waals surface area (Å²) in [6, 6.07) is 17.2. The molecule has 1 N–H and O–H groups in total. The van der Waals surface area contributed by atoms with E-state index in [9.17, 15) is 4.79 Å². The van der Waals surface area contributed by atoms with Gasteiger partial charge in [-0.15, -0.1) is 0 Å². The second-order valence-corrected chi connectivity index (χ2v) is 8.12. The number of carbonyl (C=O) groups is 1. The molecule has 4 heteroatoms. The second kappa shape index (κ2) is 8.89. The van der Waals surface area contributed by atoms with Gasteiger partial charge in [0.1, 0.15) is 0 Å². The summed E-state index contributed by atoms with van der Waals surface area (Å²) in [5.41, 5.74) is 4.43. The van der Waals surface area contributed by atoms with Crippen molar-refractivity contribution in [3.8, 4) is 11.1 Å². The molecule has 2 aliphatic heterocycles. The Bertz CT molecular complexity index is 814. The van der Waals surface area contributed by atoms with E-state index in [1.807, 2.05) is 12.1 Å². The van der Waals surface area contributed by atoms with Gasteiger partial charge in [0.2, 0.25) is 5.91 Å². The summed E-state index contributed by atoms with van der Waals surface area (Å²) in [5, 5.41) is 3.17. The number of nitrogens with one attached hydrogen (secondary N) is 1. The van der Waals surface area contributed by atoms with Crippen LogP contribution < -0.4 is 5.32 Å². The molecule has 1 unspecified atom stereocenters. The molecule has 2 aromatic carbocycles. The van der Waals surface area contributed by atoms with Crippen LogP contribution in [0.1, 0.15) is 31.2 Å². The van der Waals surface area contributed by atoms with Crippen LogP contribution in [-0.4, -0.2) is 43.2 Å². The van der Waals surface area contributed by atoms with E-state index < -0.39 is 0 Å². The van der Waals surface area contributed by atoms with Gasteiger partial charge in [0.15, 0.2) is 0 Å². The zero-order chi connectivity index (χ0) is 19.3. The number of benzene rings is 2. The summed E-state index contributed by atoms with van der Waals surface area (Å²) in [4.78, 5) is 15.4. The highest BCUT2D eigenvalue weighted by atomic mass is 16.5. The Morgan fingerprint density at radius 1 is 1.04 bits per heavy atom. The van der Waals surface area contributed by atoms with E-state index in [1.54, 1.807) is 0 Å². The number of hydrogen-bond donors (Lipinski definition) is 1. The van der Waals surface area contributed by atoms with Crippen LogP contribution in [0, 0.1) is 12.8 Å². The molecular formula is C24H30N2O2. The van der Waals surface area contributed by atoms with Gasteiger partial charge in [0.25, 0.3) is 0 Å². The summed E-state index contributed by atoms with van der Waals surface area (Å²) in [6.07, 6.45) is 4.25. The molecule has 1 amide bonds. The van der Waals surface area contributed by atoms with E-state index in [0.717, 1.165) is 63.2 Å². The maximum absolute atomic E-state index is 12.9. The zero-order valence-electron chi connectivity index (χ0n) is 16.7. The third-order valence-electron chi connectivity index (χ3n) is 6.01. The summed E-state index contributed by atoms with van der Waals surface area (Å²) >= 11 is 0. The standard InChI is InChI=1S/C24H30N2O2/c1-18-5-2-6-19(15-18)20-7-3-9-22(16-20)25-24(27)21-8-4-12-26(17-21)23-10-13-28-14-11-23/h2-3,5-7,9,15-16,21,23H,4,8,10-14,17H2,1H3,(H,25,27). The van der Waals surface area contributed by atoms with Crippen molar-refractivity contribution in [1.29, 1.82) is 0 Å². The largest absolute Gasteiger partial charge is 0.381 e. The number of carbonyl (C=O) groups excluding carboxylic acids is 1. The van der Waals surface area contributed by atoms with Gasteiger partial charge in [-0.25, -0.2) is 0 Å². The van der Waals surface area contributed by atoms with Gasteiger partial charge < -0.3 is 10.1 Å². The number of nitrogens with zero attached hydrogens (tertiary/aromatic N) is 1. The summed E-state index contributed by atoms with van der Waals surface area (Å²) in [6.45, 7) is 5.78. The number of hydrogen-bond acceptors (Lipinski definition) is 3. The molecule has 2 saturated heterocycles. The second-order valence-electron chi connectivity index (χ2n) is 8.12. The van der Waals surface area contributed by atoms with E-state index in [1.165, 1.54) is 11.1 Å². The number of amides is 1. The molecule has 2 aliphatic rings. The van der Waals surface area contributed by atoms with E-state index in [4.69, 9.17) is 4.74 Å². The van der Waals surface area contributed by atoms with Crippen LogP contribution in [0.4, 0.5) is 5.69 Å². The molecule has 2 aromatic rings. The maximum atomic E-state index is 12.9. The lowest BCUT2D eigenvalue weighted by atomic mass is 9.94. The third-order valence-corrected chi connectivity index (χ3v) is 6.01. The molecule has 0 aromatic heterocycles. The Morgan fingerprint density at radius 2 is 1.79 bits per heavy atom. The Balaban J connectivity index is 1.41. The summed E-state index contributed by atoms with van der Waals surface area (Å²) < 4.78 is 5.49. The summed E-state index contributed by atoms with van der Waals surface area (Å²) in [7, 11) is 0. The molecular weight excluding hydrogens is 348 g/mol. The maximum Gasteiger partial charge on any atom is 0.228 e. The van der Waals surface area contributed by atoms with Gasteiger partial charge in [-0.1, -0.05) is 42.0 Å². The monoisotopic (exact) mass is 378 g/mol. The SMILES string of the molecule is Cc1cccc(-c2cccc(NC(=O)C3CCCN(C4CCOCC4)C3)c2)c1. The fraction of sp³-hybridized carbons (Fsp3) is 0.458. The first kappa shape index (κ1) is 19.2. The van der Waals surface area contributed by atoms with Crippen LogP contribution in [0.25, 0.3) is 11.1 Å². The number of aryl methyl sites for hydroxylation is 1. The van der Waals surface area contributed by atoms with Crippen molar-refractivity contribution in [1.82, 2.24) is 4.90 Å². The third kappa shape index (κ3) is 4.62. The van der Waals surface area contributed by atoms with Crippen molar-refractivity contribution in [2.75, 3.05) is 31.6 Å². The van der Waals surface area contributed by atoms with Crippen LogP contribution >= 0.6 is 0 Å². The fourth-order valence-electron chi connectivity index (χ4n) is 4.45. The van der Waals surface area contributed by atoms with Crippen LogP contribution in [0.5, 0.6) is 0 Å². The Hall–Kier alpha value is -2.17. The van der Waals surface area contributed by atoms with E-state index in [2.05, 4.69) is 53.5 Å². The van der Waals surface area contributed by atoms with Gasteiger partial charge in [-0.3, -0.25) is 9.69 Å². The lowest BCUT2D eigenvalue weighted by Gasteiger charge is -2.39. The normalized spacial score (nSPS) is 21.4. The van der Waals surface area contributed by atoms with Gasteiger partial charge in [-0.05, 0) is 62.4 Å². The lowest BCUT2D eigenvalue weighted by Crippen LogP contribution is -2.47. The van der Waals surface area contributed by atoms with Gasteiger partial charge in [0, 0.05) is 31.5 Å². The highest BCUT2D eigenvalue weighted by Crippen LogP contribution is 2.26. The number of rotatable bonds is 4. The van der Waals surface area contributed by atoms with Crippen LogP contribution in [0.15, 0.2) is 48.5 Å². The number of anilines is 1. The molecule has 0 spiro atoms. The first-order valence-electron chi connectivity index (χ1n) is 10.5. The predicted molar refractivity (Wildman–Crippen MR) is 113 cm³/mol. The average molecular weight is 379 g/mol. The molecule has 0 aliphatic carbocycles. The van der Waals surface area contributed by atoms with Gasteiger partial charge in [-0.2, -0.15) is 0 Å². The quantitative estimate of drug-likeness (QED) is 0.852. The number of piperidine rings is 1. The van der Waals surface area contributed by atoms with Crippen molar-refractivity contribution in [2.45, 2.75) is 38.6 Å². The van der Waals surface area contributed by atoms with E-state index in [-0.39, 0.29) is 11.8 Å². The minimum Gasteiger partial charge on any atom is -0.381 e. The summed E-state index contributed by atoms with van der Waals surface area (Å²) in [5.74, 6) is 0.220. The van der Waals surface area contributed by atoms with E-state index in [0.29, 0.717) is 6.04 Å². The average Bonchev–Trinajstić information content (AvgIpc) is 2.75. The lowest BCUT2D eigenvalue weighted by molar-refractivity contribution is -0.122. The molecule has 0 bridgehead atoms. The van der Waals surface area contributed by atoms with Crippen molar-refractivity contribution >= 4 is 11.6 Å². The molecule has 2 heterocycles. The highest BCUT2D eigenvalue weighted by Gasteiger charge is 2.30. The molecule has 4 nitrogen and oxygen atoms in total. The smallest absolute Gasteiger partial charge is 0.228 e. The predicted octanol–water partition coefficient (Wildman–Crippen LogP) is 4.49. The van der Waals surface area contributed by atoms with E-state index >= 15 is 0 Å². The first-order chi connectivity index (χ1) is 13.7. The number of ether oxygens (including phenoxy) is 1. The first-order valence-corrected chi connectivity index (χ1v) is 10.5. The number of likely N-dealkylation sites (tertiary alicyclic amines) is 1. The topological polar surface area (TPSA) is 41.6 Å². The molecule has 4 rings (SSSR count). The minimum absolute atomic E-state index is 0.0687. The van der Waals surface area contributed by atoms with Crippen molar-refractivity contribution in [2.24, 2.45) is 5.92 Å². The molecule has 0 saturated carbocycles. The Kier molecular flexibility index (Phi) is 6.08. The zero-order valence-corrected chi connectivity index (χ0v) is 16.7. The van der Waals surface area contributed by atoms with Crippen molar-refractivity contribution in [3.05, 3.63) is 54.1 Å². The minimum atomic E-state index is 0.0687. The van der Waals surface area contributed by atoms with Crippen molar-refractivity contribution < 1.29 is 9.53 Å². The fourth-order valence-corrected chi connectivity index (χ4v) is 4.45. The van der Waals surface area contributed by atoms with Gasteiger partial charge >= 0.3 is 0 Å². The van der Waals surface area contributed by atoms with Crippen LogP contribution in [0.2, 0.25) is 0 Å². The molecule has 2 fully saturated rings. The molecule has 0 radical (unpaired) electrons. The van der Waals surface area contributed by atoms with Crippen molar-refractivity contribution in [3.63, 3.8) is 0 Å². The van der Waals surface area contributed by atoms with Crippen LogP contribution in [0.3, 0.4) is 0 Å². The molecule has 1 atom stereocenters.